The summed E-state index contributed by atoms with van der Waals surface area (Å²) in [4.78, 5) is 30.2. The van der Waals surface area contributed by atoms with Gasteiger partial charge in [-0.3, -0.25) is 9.59 Å². The lowest BCUT2D eigenvalue weighted by Crippen LogP contribution is -2.50. The van der Waals surface area contributed by atoms with Crippen LogP contribution in [0.5, 0.6) is 0 Å². The number of Topliss-reactive ketones (excluding diaryl/α,β-unsaturated/α-hetero) is 1. The van der Waals surface area contributed by atoms with Gasteiger partial charge in [0.15, 0.2) is 6.79 Å². The minimum atomic E-state index is -1.05. The van der Waals surface area contributed by atoms with Gasteiger partial charge in [-0.25, -0.2) is 9.90 Å². The van der Waals surface area contributed by atoms with E-state index in [1.165, 1.54) is 5.06 Å². The number of aliphatic hydroxyl groups excluding tert-OH is 1. The van der Waals surface area contributed by atoms with Crippen molar-refractivity contribution in [2.75, 3.05) is 13.4 Å². The predicted octanol–water partition coefficient (Wildman–Crippen LogP) is 3.26. The normalized spacial score (nSPS) is 20.0. The van der Waals surface area contributed by atoms with E-state index in [2.05, 4.69) is 0 Å². The number of carbonyl (C=O) groups excluding carboxylic acids is 2. The molecule has 25 heavy (non-hydrogen) atoms. The minimum Gasteiger partial charge on any atom is -0.509 e. The molecule has 0 bridgehead atoms. The van der Waals surface area contributed by atoms with E-state index in [0.717, 1.165) is 0 Å². The maximum absolute atomic E-state index is 13.0. The molecule has 6 nitrogen and oxygen atoms in total. The molecule has 1 fully saturated rings. The number of rotatable bonds is 5. The van der Waals surface area contributed by atoms with Gasteiger partial charge in [-0.1, -0.05) is 29.8 Å². The van der Waals surface area contributed by atoms with E-state index < -0.39 is 11.4 Å². The Bertz CT molecular complexity index is 720. The summed E-state index contributed by atoms with van der Waals surface area (Å²) in [5, 5.41) is 12.5. The van der Waals surface area contributed by atoms with Crippen LogP contribution in [0.15, 0.2) is 30.0 Å². The Hall–Kier alpha value is -1.89. The molecule has 0 radical (unpaired) electrons. The van der Waals surface area contributed by atoms with Crippen LogP contribution in [0.2, 0.25) is 5.02 Å². The highest BCUT2D eigenvalue weighted by molar-refractivity contribution is 6.35. The summed E-state index contributed by atoms with van der Waals surface area (Å²) in [5.74, 6) is -0.448. The number of nitrogens with zero attached hydrogens (tertiary/aromatic N) is 1. The van der Waals surface area contributed by atoms with Gasteiger partial charge in [-0.05, 0) is 25.8 Å². The van der Waals surface area contributed by atoms with Gasteiger partial charge in [0.25, 0.3) is 5.91 Å². The van der Waals surface area contributed by atoms with E-state index >= 15 is 0 Å². The van der Waals surface area contributed by atoms with Gasteiger partial charge < -0.3 is 9.84 Å². The molecule has 1 spiro atoms. The van der Waals surface area contributed by atoms with E-state index in [1.807, 2.05) is 6.92 Å². The SMILES string of the molecule is CCOCON1C(=O)C(c2ccccc2Cl)=C(O)C12CCC(=O)CC2. The summed E-state index contributed by atoms with van der Waals surface area (Å²) in [6, 6.07) is 6.83. The van der Waals surface area contributed by atoms with E-state index in [1.54, 1.807) is 24.3 Å². The summed E-state index contributed by atoms with van der Waals surface area (Å²) in [5.41, 5.74) is -0.474. The summed E-state index contributed by atoms with van der Waals surface area (Å²) in [7, 11) is 0. The Balaban J connectivity index is 2.03. The lowest BCUT2D eigenvalue weighted by Gasteiger charge is -2.39. The molecule has 0 saturated heterocycles. The monoisotopic (exact) mass is 365 g/mol. The molecule has 7 heteroatoms. The third-order valence-electron chi connectivity index (χ3n) is 4.71. The van der Waals surface area contributed by atoms with Gasteiger partial charge in [0.05, 0.1) is 5.57 Å². The van der Waals surface area contributed by atoms with Crippen LogP contribution < -0.4 is 0 Å². The van der Waals surface area contributed by atoms with Gasteiger partial charge in [0.1, 0.15) is 17.1 Å². The number of halogens is 1. The summed E-state index contributed by atoms with van der Waals surface area (Å²) in [6.07, 6.45) is 1.18. The zero-order chi connectivity index (χ0) is 18.0. The average Bonchev–Trinajstić information content (AvgIpc) is 2.80. The Morgan fingerprint density at radius 1 is 1.24 bits per heavy atom. The molecular formula is C18H20ClNO5. The number of hydroxylamine groups is 2. The summed E-state index contributed by atoms with van der Waals surface area (Å²) < 4.78 is 5.19. The molecule has 1 aromatic carbocycles. The van der Waals surface area contributed by atoms with Crippen LogP contribution in [0.3, 0.4) is 0 Å². The van der Waals surface area contributed by atoms with Gasteiger partial charge in [-0.2, -0.15) is 0 Å². The first kappa shape index (κ1) is 17.9. The van der Waals surface area contributed by atoms with E-state index in [4.69, 9.17) is 21.2 Å². The number of carbonyl (C=O) groups is 2. The predicted molar refractivity (Wildman–Crippen MR) is 91.6 cm³/mol. The second kappa shape index (κ2) is 7.15. The van der Waals surface area contributed by atoms with Gasteiger partial charge in [0.2, 0.25) is 0 Å². The average molecular weight is 366 g/mol. The van der Waals surface area contributed by atoms with Crippen molar-refractivity contribution in [3.63, 3.8) is 0 Å². The molecule has 1 aliphatic heterocycles. The Morgan fingerprint density at radius 3 is 2.56 bits per heavy atom. The number of benzene rings is 1. The van der Waals surface area contributed by atoms with Crippen molar-refractivity contribution < 1.29 is 24.3 Å². The first-order valence-corrected chi connectivity index (χ1v) is 8.64. The van der Waals surface area contributed by atoms with Crippen LogP contribution in [-0.4, -0.2) is 40.8 Å². The Kier molecular flexibility index (Phi) is 5.13. The molecule has 0 aromatic heterocycles. The van der Waals surface area contributed by atoms with Crippen LogP contribution in [0.25, 0.3) is 5.57 Å². The van der Waals surface area contributed by atoms with Crippen molar-refractivity contribution in [1.82, 2.24) is 5.06 Å². The van der Waals surface area contributed by atoms with Crippen LogP contribution in [0.4, 0.5) is 0 Å². The third kappa shape index (κ3) is 3.05. The van der Waals surface area contributed by atoms with Gasteiger partial charge in [0, 0.05) is 30.0 Å². The van der Waals surface area contributed by atoms with Crippen molar-refractivity contribution in [2.45, 2.75) is 38.1 Å². The van der Waals surface area contributed by atoms with E-state index in [-0.39, 0.29) is 36.8 Å². The highest BCUT2D eigenvalue weighted by Crippen LogP contribution is 2.47. The molecule has 1 heterocycles. The molecule has 1 saturated carbocycles. The molecule has 0 unspecified atom stereocenters. The number of ether oxygens (including phenoxy) is 1. The number of hydrogen-bond acceptors (Lipinski definition) is 5. The smallest absolute Gasteiger partial charge is 0.282 e. The highest BCUT2D eigenvalue weighted by Gasteiger charge is 2.55. The van der Waals surface area contributed by atoms with Crippen LogP contribution in [0, 0.1) is 0 Å². The number of hydrogen-bond donors (Lipinski definition) is 1. The minimum absolute atomic E-state index is 0.0883. The van der Waals surface area contributed by atoms with Crippen LogP contribution in [0.1, 0.15) is 38.2 Å². The van der Waals surface area contributed by atoms with Gasteiger partial charge >= 0.3 is 0 Å². The van der Waals surface area contributed by atoms with Crippen LogP contribution >= 0.6 is 11.6 Å². The summed E-state index contributed by atoms with van der Waals surface area (Å²) >= 11 is 6.22. The topological polar surface area (TPSA) is 76.1 Å². The third-order valence-corrected chi connectivity index (χ3v) is 5.04. The fourth-order valence-electron chi connectivity index (χ4n) is 3.37. The molecule has 134 valence electrons. The molecule has 2 aliphatic rings. The molecule has 1 aromatic rings. The van der Waals surface area contributed by atoms with Crippen LogP contribution in [-0.2, 0) is 19.2 Å². The first-order valence-electron chi connectivity index (χ1n) is 8.27. The number of ketones is 1. The number of amides is 1. The maximum Gasteiger partial charge on any atom is 0.282 e. The Labute approximate surface area is 150 Å². The van der Waals surface area contributed by atoms with Gasteiger partial charge in [-0.15, -0.1) is 0 Å². The maximum atomic E-state index is 13.0. The quantitative estimate of drug-likeness (QED) is 0.640. The van der Waals surface area contributed by atoms with Crippen molar-refractivity contribution in [1.29, 1.82) is 0 Å². The van der Waals surface area contributed by atoms with Crippen molar-refractivity contribution in [3.05, 3.63) is 40.6 Å². The molecule has 0 atom stereocenters. The fourth-order valence-corrected chi connectivity index (χ4v) is 3.60. The first-order chi connectivity index (χ1) is 12.0. The number of aliphatic hydroxyl groups is 1. The van der Waals surface area contributed by atoms with Crippen molar-refractivity contribution in [2.24, 2.45) is 0 Å². The van der Waals surface area contributed by atoms with E-state index in [0.29, 0.717) is 30.0 Å². The second-order valence-corrected chi connectivity index (χ2v) is 6.52. The standard InChI is InChI=1S/C18H20ClNO5/c1-2-24-11-25-20-17(23)15(13-5-3-4-6-14(13)19)16(22)18(20)9-7-12(21)8-10-18/h3-6,22H,2,7-11H2,1H3. The Morgan fingerprint density at radius 2 is 1.92 bits per heavy atom. The molecule has 3 rings (SSSR count). The lowest BCUT2D eigenvalue weighted by atomic mass is 9.79. The van der Waals surface area contributed by atoms with Crippen molar-refractivity contribution >= 4 is 28.9 Å². The van der Waals surface area contributed by atoms with E-state index in [9.17, 15) is 14.7 Å². The molecule has 1 N–H and O–H groups in total. The molecule has 1 amide bonds. The molecular weight excluding hydrogens is 346 g/mol. The highest BCUT2D eigenvalue weighted by atomic mass is 35.5. The largest absolute Gasteiger partial charge is 0.509 e. The fraction of sp³-hybridized carbons (Fsp3) is 0.444. The zero-order valence-corrected chi connectivity index (χ0v) is 14.7. The molecule has 1 aliphatic carbocycles. The lowest BCUT2D eigenvalue weighted by molar-refractivity contribution is -0.251. The second-order valence-electron chi connectivity index (χ2n) is 6.11. The van der Waals surface area contributed by atoms with Crippen molar-refractivity contribution in [3.8, 4) is 0 Å². The zero-order valence-electron chi connectivity index (χ0n) is 14.0. The summed E-state index contributed by atoms with van der Waals surface area (Å²) in [6.45, 7) is 2.14.